The van der Waals surface area contributed by atoms with Gasteiger partial charge in [-0.3, -0.25) is 9.69 Å². The van der Waals surface area contributed by atoms with Crippen LogP contribution in [0.25, 0.3) is 10.2 Å². The number of hydrogen-bond acceptors (Lipinski definition) is 4. The summed E-state index contributed by atoms with van der Waals surface area (Å²) in [4.78, 5) is 19.0. The van der Waals surface area contributed by atoms with Crippen molar-refractivity contribution in [1.82, 2.24) is 9.88 Å². The average molecular weight is 418 g/mol. The number of fused-ring (bicyclic) bond motifs is 1. The molecule has 0 unspecified atom stereocenters. The van der Waals surface area contributed by atoms with Crippen LogP contribution in [-0.2, 0) is 4.79 Å². The Morgan fingerprint density at radius 1 is 1.32 bits per heavy atom. The number of para-hydroxylation sites is 1. The van der Waals surface area contributed by atoms with Crippen LogP contribution < -0.4 is 5.32 Å². The number of amides is 1. The van der Waals surface area contributed by atoms with Crippen LogP contribution in [0.15, 0.2) is 46.9 Å². The van der Waals surface area contributed by atoms with Crippen molar-refractivity contribution < 1.29 is 4.79 Å². The van der Waals surface area contributed by atoms with Crippen molar-refractivity contribution in [2.24, 2.45) is 0 Å². The second-order valence-corrected chi connectivity index (χ2v) is 8.04. The lowest BCUT2D eigenvalue weighted by molar-refractivity contribution is -0.117. The Labute approximate surface area is 160 Å². The molecule has 25 heavy (non-hydrogen) atoms. The molecule has 0 bridgehead atoms. The number of carbonyl (C=O) groups excluding carboxylic acids is 1. The van der Waals surface area contributed by atoms with Gasteiger partial charge in [0.2, 0.25) is 5.91 Å². The van der Waals surface area contributed by atoms with Crippen LogP contribution in [-0.4, -0.2) is 29.4 Å². The molecule has 2 aromatic carbocycles. The quantitative estimate of drug-likeness (QED) is 0.635. The van der Waals surface area contributed by atoms with E-state index in [1.807, 2.05) is 55.3 Å². The highest BCUT2D eigenvalue weighted by Gasteiger charge is 2.18. The molecule has 3 aromatic rings. The molecular formula is C19H20BrN3OS. The van der Waals surface area contributed by atoms with Gasteiger partial charge in [-0.15, -0.1) is 11.3 Å². The Bertz CT molecular complexity index is 876. The van der Waals surface area contributed by atoms with Gasteiger partial charge in [0.1, 0.15) is 5.01 Å². The van der Waals surface area contributed by atoms with E-state index in [0.717, 1.165) is 26.2 Å². The maximum absolute atomic E-state index is 12.3. The summed E-state index contributed by atoms with van der Waals surface area (Å²) in [6.45, 7) is 4.39. The molecule has 0 spiro atoms. The predicted molar refractivity (Wildman–Crippen MR) is 108 cm³/mol. The first-order valence-corrected chi connectivity index (χ1v) is 9.66. The molecule has 130 valence electrons. The first kappa shape index (κ1) is 18.0. The van der Waals surface area contributed by atoms with Crippen LogP contribution in [0.1, 0.15) is 23.5 Å². The second kappa shape index (κ2) is 7.64. The van der Waals surface area contributed by atoms with E-state index >= 15 is 0 Å². The molecule has 0 aliphatic rings. The molecule has 0 saturated carbocycles. The fourth-order valence-corrected chi connectivity index (χ4v) is 3.87. The van der Waals surface area contributed by atoms with Crippen molar-refractivity contribution in [3.8, 4) is 0 Å². The zero-order valence-electron chi connectivity index (χ0n) is 14.4. The summed E-state index contributed by atoms with van der Waals surface area (Å²) in [5.74, 6) is -0.0304. The summed E-state index contributed by atoms with van der Waals surface area (Å²) in [5, 5.41) is 3.98. The molecule has 3 rings (SSSR count). The number of carbonyl (C=O) groups is 1. The number of aromatic nitrogens is 1. The third-order valence-corrected chi connectivity index (χ3v) is 6.26. The number of thiazole rings is 1. The zero-order valence-corrected chi connectivity index (χ0v) is 16.8. The number of anilines is 1. The Hall–Kier alpha value is -1.76. The standard InChI is InChI=1S/C19H20BrN3OS/c1-12-10-14(8-9-15(12)20)21-18(24)11-23(3)13(2)19-22-16-6-4-5-7-17(16)25-19/h4-10,13H,11H2,1-3H3,(H,21,24)/t13-/m0/s1. The lowest BCUT2D eigenvalue weighted by Gasteiger charge is -2.22. The molecule has 0 fully saturated rings. The van der Waals surface area contributed by atoms with E-state index < -0.39 is 0 Å². The van der Waals surface area contributed by atoms with Gasteiger partial charge in [-0.25, -0.2) is 4.98 Å². The first-order chi connectivity index (χ1) is 11.9. The maximum Gasteiger partial charge on any atom is 0.238 e. The van der Waals surface area contributed by atoms with E-state index in [9.17, 15) is 4.79 Å². The van der Waals surface area contributed by atoms with E-state index in [-0.39, 0.29) is 11.9 Å². The highest BCUT2D eigenvalue weighted by Crippen LogP contribution is 2.28. The second-order valence-electron chi connectivity index (χ2n) is 6.12. The highest BCUT2D eigenvalue weighted by molar-refractivity contribution is 9.10. The number of halogens is 1. The average Bonchev–Trinajstić information content (AvgIpc) is 3.01. The van der Waals surface area contributed by atoms with Gasteiger partial charge >= 0.3 is 0 Å². The topological polar surface area (TPSA) is 45.2 Å². The summed E-state index contributed by atoms with van der Waals surface area (Å²) in [5.41, 5.74) is 2.92. The molecule has 0 aliphatic heterocycles. The largest absolute Gasteiger partial charge is 0.325 e. The number of likely N-dealkylation sites (N-methyl/N-ethyl adjacent to an activating group) is 1. The minimum absolute atomic E-state index is 0.0304. The first-order valence-electron chi connectivity index (χ1n) is 8.06. The van der Waals surface area contributed by atoms with Crippen LogP contribution in [0.3, 0.4) is 0 Å². The van der Waals surface area contributed by atoms with Crippen LogP contribution in [0.5, 0.6) is 0 Å². The van der Waals surface area contributed by atoms with Gasteiger partial charge in [-0.2, -0.15) is 0 Å². The molecule has 0 saturated heterocycles. The minimum atomic E-state index is -0.0304. The molecule has 4 nitrogen and oxygen atoms in total. The van der Waals surface area contributed by atoms with Crippen molar-refractivity contribution in [2.75, 3.05) is 18.9 Å². The zero-order chi connectivity index (χ0) is 18.0. The van der Waals surface area contributed by atoms with Crippen LogP contribution >= 0.6 is 27.3 Å². The molecular weight excluding hydrogens is 398 g/mol. The van der Waals surface area contributed by atoms with Gasteiger partial charge in [0.15, 0.2) is 0 Å². The van der Waals surface area contributed by atoms with E-state index in [4.69, 9.17) is 0 Å². The van der Waals surface area contributed by atoms with Crippen LogP contribution in [0, 0.1) is 6.92 Å². The van der Waals surface area contributed by atoms with E-state index in [2.05, 4.69) is 39.2 Å². The lowest BCUT2D eigenvalue weighted by Crippen LogP contribution is -2.32. The van der Waals surface area contributed by atoms with Crippen molar-refractivity contribution in [2.45, 2.75) is 19.9 Å². The summed E-state index contributed by atoms with van der Waals surface area (Å²) < 4.78 is 2.21. The number of nitrogens with one attached hydrogen (secondary N) is 1. The van der Waals surface area contributed by atoms with E-state index in [1.165, 1.54) is 4.70 Å². The Kier molecular flexibility index (Phi) is 5.51. The van der Waals surface area contributed by atoms with Crippen molar-refractivity contribution in [3.05, 3.63) is 57.5 Å². The van der Waals surface area contributed by atoms with Gasteiger partial charge in [-0.1, -0.05) is 28.1 Å². The van der Waals surface area contributed by atoms with Gasteiger partial charge in [0.05, 0.1) is 22.8 Å². The monoisotopic (exact) mass is 417 g/mol. The van der Waals surface area contributed by atoms with Gasteiger partial charge in [0.25, 0.3) is 0 Å². The summed E-state index contributed by atoms with van der Waals surface area (Å²) in [7, 11) is 1.95. The molecule has 0 radical (unpaired) electrons. The fraction of sp³-hybridized carbons (Fsp3) is 0.263. The fourth-order valence-electron chi connectivity index (χ4n) is 2.54. The Balaban J connectivity index is 1.64. The molecule has 0 aliphatic carbocycles. The normalized spacial score (nSPS) is 12.5. The smallest absolute Gasteiger partial charge is 0.238 e. The number of benzene rings is 2. The van der Waals surface area contributed by atoms with E-state index in [0.29, 0.717) is 6.54 Å². The summed E-state index contributed by atoms with van der Waals surface area (Å²) in [6.07, 6.45) is 0. The Morgan fingerprint density at radius 3 is 2.80 bits per heavy atom. The summed E-state index contributed by atoms with van der Waals surface area (Å²) in [6, 6.07) is 14.0. The maximum atomic E-state index is 12.3. The molecule has 6 heteroatoms. The van der Waals surface area contributed by atoms with Gasteiger partial charge in [-0.05, 0) is 56.8 Å². The Morgan fingerprint density at radius 2 is 2.08 bits per heavy atom. The molecule has 1 N–H and O–H groups in total. The SMILES string of the molecule is Cc1cc(NC(=O)CN(C)[C@@H](C)c2nc3ccccc3s2)ccc1Br. The number of hydrogen-bond donors (Lipinski definition) is 1. The molecule has 1 heterocycles. The van der Waals surface area contributed by atoms with Crippen LogP contribution in [0.4, 0.5) is 5.69 Å². The van der Waals surface area contributed by atoms with E-state index in [1.54, 1.807) is 11.3 Å². The number of aryl methyl sites for hydroxylation is 1. The number of nitrogens with zero attached hydrogens (tertiary/aromatic N) is 2. The van der Waals surface area contributed by atoms with Crippen molar-refractivity contribution >= 4 is 49.1 Å². The highest BCUT2D eigenvalue weighted by atomic mass is 79.9. The van der Waals surface area contributed by atoms with Crippen molar-refractivity contribution in [3.63, 3.8) is 0 Å². The predicted octanol–water partition coefficient (Wildman–Crippen LogP) is 5.00. The molecule has 1 aromatic heterocycles. The van der Waals surface area contributed by atoms with Gasteiger partial charge in [0, 0.05) is 10.2 Å². The summed E-state index contributed by atoms with van der Waals surface area (Å²) >= 11 is 5.15. The van der Waals surface area contributed by atoms with Crippen molar-refractivity contribution in [1.29, 1.82) is 0 Å². The lowest BCUT2D eigenvalue weighted by atomic mass is 10.2. The van der Waals surface area contributed by atoms with Crippen LogP contribution in [0.2, 0.25) is 0 Å². The number of rotatable bonds is 5. The minimum Gasteiger partial charge on any atom is -0.325 e. The third kappa shape index (κ3) is 4.26. The third-order valence-electron chi connectivity index (χ3n) is 4.16. The molecule has 1 amide bonds. The molecule has 1 atom stereocenters. The van der Waals surface area contributed by atoms with Gasteiger partial charge < -0.3 is 5.32 Å².